The number of hydroxylamine groups is 1. The predicted molar refractivity (Wildman–Crippen MR) is 131 cm³/mol. The van der Waals surface area contributed by atoms with Crippen LogP contribution in [-0.2, 0) is 14.4 Å². The summed E-state index contributed by atoms with van der Waals surface area (Å²) >= 11 is 0. The second-order valence-electron chi connectivity index (χ2n) is 8.53. The molecular weight excluding hydrogens is 473 g/mol. The minimum Gasteiger partial charge on any atom is -0.338 e. The molecule has 1 aliphatic heterocycles. The third-order valence-corrected chi connectivity index (χ3v) is 6.23. The zero-order chi connectivity index (χ0) is 25.0. The molecule has 0 spiro atoms. The van der Waals surface area contributed by atoms with Gasteiger partial charge in [0.05, 0.1) is 11.9 Å². The Morgan fingerprint density at radius 1 is 1.14 bits per heavy atom. The van der Waals surface area contributed by atoms with E-state index in [2.05, 4.69) is 20.5 Å². The lowest BCUT2D eigenvalue weighted by atomic mass is 9.95. The van der Waals surface area contributed by atoms with Gasteiger partial charge in [-0.2, -0.15) is 13.4 Å². The molecule has 0 amide bonds. The molecule has 1 fully saturated rings. The van der Waals surface area contributed by atoms with E-state index < -0.39 is 10.1 Å². The molecule has 11 heteroatoms. The summed E-state index contributed by atoms with van der Waals surface area (Å²) in [7, 11) is -1.74. The highest BCUT2D eigenvalue weighted by Gasteiger charge is 2.21. The van der Waals surface area contributed by atoms with Gasteiger partial charge in [0.15, 0.2) is 0 Å². The highest BCUT2D eigenvalue weighted by molar-refractivity contribution is 7.85. The number of benzene rings is 2. The molecule has 1 aromatic heterocycles. The molecule has 186 valence electrons. The van der Waals surface area contributed by atoms with E-state index in [0.29, 0.717) is 24.3 Å². The minimum absolute atomic E-state index is 0.173. The average Bonchev–Trinajstić information content (AvgIpc) is 3.30. The van der Waals surface area contributed by atoms with E-state index in [-0.39, 0.29) is 23.6 Å². The van der Waals surface area contributed by atoms with Crippen molar-refractivity contribution in [3.63, 3.8) is 0 Å². The summed E-state index contributed by atoms with van der Waals surface area (Å²) in [5, 5.41) is 4.10. The Bertz CT molecular complexity index is 1290. The first-order chi connectivity index (χ1) is 16.7. The lowest BCUT2D eigenvalue weighted by Crippen LogP contribution is -2.51. The molecular formula is C24H28FN5O4S. The molecule has 2 heterocycles. The van der Waals surface area contributed by atoms with Crippen LogP contribution in [0, 0.1) is 5.82 Å². The Morgan fingerprint density at radius 2 is 1.86 bits per heavy atom. The number of aromatic nitrogens is 1. The smallest absolute Gasteiger partial charge is 0.285 e. The molecule has 0 saturated carbocycles. The molecule has 4 rings (SSSR count). The molecule has 1 aliphatic rings. The average molecular weight is 502 g/mol. The van der Waals surface area contributed by atoms with E-state index in [1.165, 1.54) is 6.07 Å². The quantitative estimate of drug-likeness (QED) is 0.312. The topological polar surface area (TPSA) is 100 Å². The SMILES string of the molecule is CC(c1ccc(-c2ccccc2)c(F)c1)c1cc(N=C(NOS(C)(=O)=O)N2CCN(C)CC2)on1. The van der Waals surface area contributed by atoms with Crippen LogP contribution >= 0.6 is 0 Å². The number of aliphatic imine (C=N–C) groups is 1. The second kappa shape index (κ2) is 10.5. The fraction of sp³-hybridized carbons (Fsp3) is 0.333. The van der Waals surface area contributed by atoms with Crippen LogP contribution in [0.5, 0.6) is 0 Å². The summed E-state index contributed by atoms with van der Waals surface area (Å²) in [6, 6.07) is 16.1. The maximum atomic E-state index is 14.9. The lowest BCUT2D eigenvalue weighted by Gasteiger charge is -2.33. The molecule has 0 radical (unpaired) electrons. The summed E-state index contributed by atoms with van der Waals surface area (Å²) in [6.07, 6.45) is 0.942. The van der Waals surface area contributed by atoms with Crippen LogP contribution in [0.25, 0.3) is 11.1 Å². The van der Waals surface area contributed by atoms with Gasteiger partial charge in [0.25, 0.3) is 16.0 Å². The highest BCUT2D eigenvalue weighted by atomic mass is 32.2. The number of nitrogens with zero attached hydrogens (tertiary/aromatic N) is 4. The van der Waals surface area contributed by atoms with Gasteiger partial charge in [-0.3, -0.25) is 0 Å². The van der Waals surface area contributed by atoms with E-state index in [4.69, 9.17) is 8.81 Å². The zero-order valence-corrected chi connectivity index (χ0v) is 20.6. The van der Waals surface area contributed by atoms with Gasteiger partial charge in [-0.1, -0.05) is 54.5 Å². The summed E-state index contributed by atoms with van der Waals surface area (Å²) in [5.74, 6) is -0.194. The largest absolute Gasteiger partial charge is 0.338 e. The summed E-state index contributed by atoms with van der Waals surface area (Å²) in [6.45, 7) is 4.71. The van der Waals surface area contributed by atoms with Crippen molar-refractivity contribution in [3.05, 3.63) is 71.7 Å². The Kier molecular flexibility index (Phi) is 7.48. The highest BCUT2D eigenvalue weighted by Crippen LogP contribution is 2.30. The number of hydrogen-bond donors (Lipinski definition) is 1. The second-order valence-corrected chi connectivity index (χ2v) is 10.1. The van der Waals surface area contributed by atoms with Gasteiger partial charge in [0, 0.05) is 43.7 Å². The first-order valence-electron chi connectivity index (χ1n) is 11.2. The maximum absolute atomic E-state index is 14.9. The monoisotopic (exact) mass is 501 g/mol. The summed E-state index contributed by atoms with van der Waals surface area (Å²) in [4.78, 5) is 8.42. The number of hydrogen-bond acceptors (Lipinski definition) is 7. The Hall–Kier alpha value is -3.28. The van der Waals surface area contributed by atoms with Crippen molar-refractivity contribution < 1.29 is 21.6 Å². The van der Waals surface area contributed by atoms with Gasteiger partial charge in [-0.25, -0.2) is 9.87 Å². The molecule has 9 nitrogen and oxygen atoms in total. The van der Waals surface area contributed by atoms with Gasteiger partial charge < -0.3 is 14.3 Å². The molecule has 1 unspecified atom stereocenters. The number of guanidine groups is 1. The zero-order valence-electron chi connectivity index (χ0n) is 19.8. The van der Waals surface area contributed by atoms with Crippen LogP contribution in [0.4, 0.5) is 10.3 Å². The molecule has 35 heavy (non-hydrogen) atoms. The van der Waals surface area contributed by atoms with Crippen LogP contribution in [0.2, 0.25) is 0 Å². The van der Waals surface area contributed by atoms with Crippen LogP contribution in [0.15, 0.2) is 64.1 Å². The molecule has 0 aliphatic carbocycles. The van der Waals surface area contributed by atoms with E-state index >= 15 is 0 Å². The molecule has 2 aromatic carbocycles. The number of rotatable bonds is 6. The molecule has 1 atom stereocenters. The number of piperazine rings is 1. The minimum atomic E-state index is -3.74. The number of nitrogens with one attached hydrogen (secondary N) is 1. The van der Waals surface area contributed by atoms with E-state index in [1.54, 1.807) is 12.1 Å². The van der Waals surface area contributed by atoms with Gasteiger partial charge in [-0.05, 0) is 24.2 Å². The third kappa shape index (κ3) is 6.44. The molecule has 3 aromatic rings. The van der Waals surface area contributed by atoms with Crippen molar-refractivity contribution in [2.75, 3.05) is 39.5 Å². The standard InChI is InChI=1S/C24H28FN5O4S/c1-17(19-9-10-20(21(25)15-19)18-7-5-4-6-8-18)22-16-23(33-27-22)26-24(28-34-35(3,31)32)30-13-11-29(2)12-14-30/h4-10,15-17H,11-14H2,1-3H3,(H,26,28). The third-order valence-electron chi connectivity index (χ3n) is 5.84. The van der Waals surface area contributed by atoms with Crippen molar-refractivity contribution in [1.29, 1.82) is 0 Å². The van der Waals surface area contributed by atoms with Crippen LogP contribution < -0.4 is 5.48 Å². The van der Waals surface area contributed by atoms with Crippen molar-refractivity contribution in [2.45, 2.75) is 12.8 Å². The normalized spacial score (nSPS) is 16.3. The lowest BCUT2D eigenvalue weighted by molar-refractivity contribution is 0.188. The Balaban J connectivity index is 1.54. The molecule has 1 saturated heterocycles. The Labute approximate surface area is 204 Å². The van der Waals surface area contributed by atoms with Crippen LogP contribution in [0.1, 0.15) is 24.1 Å². The molecule has 0 bridgehead atoms. The Morgan fingerprint density at radius 3 is 2.51 bits per heavy atom. The fourth-order valence-electron chi connectivity index (χ4n) is 3.75. The van der Waals surface area contributed by atoms with Crippen LogP contribution in [-0.4, -0.2) is 68.8 Å². The van der Waals surface area contributed by atoms with Gasteiger partial charge in [0.2, 0.25) is 5.96 Å². The van der Waals surface area contributed by atoms with Crippen molar-refractivity contribution in [2.24, 2.45) is 4.99 Å². The summed E-state index contributed by atoms with van der Waals surface area (Å²) < 4.78 is 48.0. The van der Waals surface area contributed by atoms with Crippen LogP contribution in [0.3, 0.4) is 0 Å². The van der Waals surface area contributed by atoms with Gasteiger partial charge in [0.1, 0.15) is 5.82 Å². The first-order valence-corrected chi connectivity index (χ1v) is 13.0. The summed E-state index contributed by atoms with van der Waals surface area (Å²) in [5.41, 5.74) is 5.07. The van der Waals surface area contributed by atoms with E-state index in [1.807, 2.05) is 55.3 Å². The van der Waals surface area contributed by atoms with Crippen molar-refractivity contribution >= 4 is 22.0 Å². The number of likely N-dealkylation sites (N-methyl/N-ethyl adjacent to an activating group) is 1. The predicted octanol–water partition coefficient (Wildman–Crippen LogP) is 3.35. The number of halogens is 1. The van der Waals surface area contributed by atoms with E-state index in [0.717, 1.165) is 30.5 Å². The van der Waals surface area contributed by atoms with Gasteiger partial charge >= 0.3 is 0 Å². The maximum Gasteiger partial charge on any atom is 0.285 e. The first kappa shape index (κ1) is 24.8. The van der Waals surface area contributed by atoms with Crippen molar-refractivity contribution in [3.8, 4) is 11.1 Å². The van der Waals surface area contributed by atoms with E-state index in [9.17, 15) is 12.8 Å². The molecule has 1 N–H and O–H groups in total. The fourth-order valence-corrected chi connectivity index (χ4v) is 3.98. The van der Waals surface area contributed by atoms with Gasteiger partial charge in [-0.15, -0.1) is 4.28 Å². The van der Waals surface area contributed by atoms with Crippen molar-refractivity contribution in [1.82, 2.24) is 20.4 Å².